The van der Waals surface area contributed by atoms with E-state index in [-0.39, 0.29) is 5.56 Å². The van der Waals surface area contributed by atoms with Gasteiger partial charge in [-0.05, 0) is 41.5 Å². The van der Waals surface area contributed by atoms with E-state index in [0.29, 0.717) is 11.5 Å². The first-order chi connectivity index (χ1) is 10.7. The Bertz CT molecular complexity index is 780. The third-order valence-corrected chi connectivity index (χ3v) is 3.26. The van der Waals surface area contributed by atoms with Gasteiger partial charge in [0, 0.05) is 0 Å². The molecule has 0 spiro atoms. The normalized spacial score (nSPS) is 10.2. The zero-order valence-electron chi connectivity index (χ0n) is 11.7. The van der Waals surface area contributed by atoms with Gasteiger partial charge < -0.3 is 4.74 Å². The lowest BCUT2D eigenvalue weighted by Gasteiger charge is -2.07. The number of carbonyl (C=O) groups excluding carboxylic acids is 1. The Balaban J connectivity index is 1.79. The zero-order valence-corrected chi connectivity index (χ0v) is 11.7. The molecule has 0 aliphatic rings. The van der Waals surface area contributed by atoms with Gasteiger partial charge in [-0.15, -0.1) is 0 Å². The Labute approximate surface area is 127 Å². The highest BCUT2D eigenvalue weighted by molar-refractivity contribution is 5.88. The molecule has 0 saturated carbocycles. The summed E-state index contributed by atoms with van der Waals surface area (Å²) in [6, 6.07) is 22.2. The van der Waals surface area contributed by atoms with Gasteiger partial charge in [-0.1, -0.05) is 48.5 Å². The van der Waals surface area contributed by atoms with Crippen molar-refractivity contribution in [1.29, 1.82) is 0 Å². The highest BCUT2D eigenvalue weighted by Crippen LogP contribution is 2.26. The molecule has 0 radical (unpaired) electrons. The lowest BCUT2D eigenvalue weighted by molar-refractivity contribution is 0.0835. The highest BCUT2D eigenvalue weighted by Gasteiger charge is 2.05. The fraction of sp³-hybridized carbons (Fsp3) is 0. The summed E-state index contributed by atoms with van der Waals surface area (Å²) < 4.78 is 18.3. The average Bonchev–Trinajstić information content (AvgIpc) is 2.56. The minimum absolute atomic E-state index is 0.0154. The van der Waals surface area contributed by atoms with Gasteiger partial charge in [0.05, 0.1) is 5.56 Å². The first-order valence-corrected chi connectivity index (χ1v) is 6.85. The van der Waals surface area contributed by atoms with Crippen LogP contribution in [0.3, 0.4) is 0 Å². The van der Waals surface area contributed by atoms with Crippen molar-refractivity contribution in [3.05, 3.63) is 84.4 Å². The van der Waals surface area contributed by atoms with E-state index in [9.17, 15) is 9.18 Å². The molecule has 0 fully saturated rings. The topological polar surface area (TPSA) is 26.3 Å². The van der Waals surface area contributed by atoms with Crippen LogP contribution in [0.2, 0.25) is 0 Å². The summed E-state index contributed by atoms with van der Waals surface area (Å²) in [6.07, 6.45) is 0. The minimum atomic E-state index is -1.47. The van der Waals surface area contributed by atoms with E-state index in [1.807, 2.05) is 54.6 Å². The molecule has 0 N–H and O–H groups in total. The Hall–Kier alpha value is -2.94. The molecule has 22 heavy (non-hydrogen) atoms. The predicted octanol–water partition coefficient (Wildman–Crippen LogP) is 5.26. The van der Waals surface area contributed by atoms with E-state index < -0.39 is 6.04 Å². The van der Waals surface area contributed by atoms with Crippen LogP contribution in [0.5, 0.6) is 11.5 Å². The first kappa shape index (κ1) is 14.0. The predicted molar refractivity (Wildman–Crippen MR) is 83.8 cm³/mol. The maximum absolute atomic E-state index is 12.7. The number of halogens is 1. The second kappa shape index (κ2) is 6.22. The van der Waals surface area contributed by atoms with Crippen molar-refractivity contribution in [1.82, 2.24) is 0 Å². The third kappa shape index (κ3) is 3.20. The van der Waals surface area contributed by atoms with Crippen LogP contribution in [-0.2, 0) is 0 Å². The molecule has 0 aliphatic heterocycles. The van der Waals surface area contributed by atoms with Gasteiger partial charge >= 0.3 is 6.04 Å². The Morgan fingerprint density at radius 3 is 2.09 bits per heavy atom. The largest absolute Gasteiger partial charge is 0.457 e. The monoisotopic (exact) mass is 292 g/mol. The standard InChI is InChI=1S/C19H13FO2/c20-19(21)16-7-4-8-18(13-16)22-17-11-9-15(10-12-17)14-5-2-1-3-6-14/h1-13H. The summed E-state index contributed by atoms with van der Waals surface area (Å²) in [5.74, 6) is 1.05. The molecule has 3 rings (SSSR count). The molecule has 3 aromatic rings. The molecule has 0 unspecified atom stereocenters. The van der Waals surface area contributed by atoms with Crippen molar-refractivity contribution < 1.29 is 13.9 Å². The van der Waals surface area contributed by atoms with Gasteiger partial charge in [0.2, 0.25) is 0 Å². The number of ether oxygens (including phenoxy) is 1. The maximum Gasteiger partial charge on any atom is 0.332 e. The number of carbonyl (C=O) groups is 1. The number of rotatable bonds is 4. The lowest BCUT2D eigenvalue weighted by atomic mass is 10.1. The molecule has 0 aromatic heterocycles. The second-order valence-corrected chi connectivity index (χ2v) is 4.79. The molecule has 0 heterocycles. The van der Waals surface area contributed by atoms with Crippen molar-refractivity contribution in [2.45, 2.75) is 0 Å². The van der Waals surface area contributed by atoms with Crippen molar-refractivity contribution >= 4 is 6.04 Å². The highest BCUT2D eigenvalue weighted by atomic mass is 19.1. The molecular formula is C19H13FO2. The summed E-state index contributed by atoms with van der Waals surface area (Å²) in [4.78, 5) is 10.7. The van der Waals surface area contributed by atoms with Crippen LogP contribution < -0.4 is 4.74 Å². The number of benzene rings is 3. The van der Waals surface area contributed by atoms with E-state index in [2.05, 4.69) is 0 Å². The molecule has 0 atom stereocenters. The quantitative estimate of drug-likeness (QED) is 0.613. The molecule has 108 valence electrons. The summed E-state index contributed by atoms with van der Waals surface area (Å²) in [5, 5.41) is 0. The number of hydrogen-bond acceptors (Lipinski definition) is 2. The van der Waals surface area contributed by atoms with Crippen LogP contribution in [0.1, 0.15) is 10.4 Å². The van der Waals surface area contributed by atoms with Crippen molar-refractivity contribution in [3.63, 3.8) is 0 Å². The van der Waals surface area contributed by atoms with Gasteiger partial charge in [-0.3, -0.25) is 4.79 Å². The third-order valence-electron chi connectivity index (χ3n) is 3.26. The van der Waals surface area contributed by atoms with Crippen LogP contribution in [0.4, 0.5) is 4.39 Å². The van der Waals surface area contributed by atoms with Gasteiger partial charge in [0.25, 0.3) is 0 Å². The molecule has 3 aromatic carbocycles. The van der Waals surface area contributed by atoms with Gasteiger partial charge in [0.15, 0.2) is 0 Å². The smallest absolute Gasteiger partial charge is 0.332 e. The van der Waals surface area contributed by atoms with Gasteiger partial charge in [-0.2, -0.15) is 4.39 Å². The summed E-state index contributed by atoms with van der Waals surface area (Å²) in [5.41, 5.74) is 2.19. The molecule has 3 heteroatoms. The zero-order chi connectivity index (χ0) is 15.4. The van der Waals surface area contributed by atoms with Gasteiger partial charge in [-0.25, -0.2) is 0 Å². The van der Waals surface area contributed by atoms with Crippen LogP contribution >= 0.6 is 0 Å². The van der Waals surface area contributed by atoms with Crippen LogP contribution in [0.15, 0.2) is 78.9 Å². The van der Waals surface area contributed by atoms with Crippen molar-refractivity contribution in [3.8, 4) is 22.6 Å². The Kier molecular flexibility index (Phi) is 3.97. The maximum atomic E-state index is 12.7. The Morgan fingerprint density at radius 1 is 0.727 bits per heavy atom. The van der Waals surface area contributed by atoms with Crippen LogP contribution in [0.25, 0.3) is 11.1 Å². The molecular weight excluding hydrogens is 279 g/mol. The van der Waals surface area contributed by atoms with Crippen LogP contribution in [-0.4, -0.2) is 6.04 Å². The summed E-state index contributed by atoms with van der Waals surface area (Å²) in [7, 11) is 0. The molecule has 0 amide bonds. The molecule has 2 nitrogen and oxygen atoms in total. The average molecular weight is 292 g/mol. The van der Waals surface area contributed by atoms with Gasteiger partial charge in [0.1, 0.15) is 11.5 Å². The van der Waals surface area contributed by atoms with E-state index in [1.54, 1.807) is 12.1 Å². The van der Waals surface area contributed by atoms with E-state index >= 15 is 0 Å². The van der Waals surface area contributed by atoms with Crippen LogP contribution in [0, 0.1) is 0 Å². The minimum Gasteiger partial charge on any atom is -0.457 e. The number of hydrogen-bond donors (Lipinski definition) is 0. The van der Waals surface area contributed by atoms with E-state index in [1.165, 1.54) is 12.1 Å². The fourth-order valence-corrected chi connectivity index (χ4v) is 2.16. The molecule has 0 saturated heterocycles. The summed E-state index contributed by atoms with van der Waals surface area (Å²) >= 11 is 0. The van der Waals surface area contributed by atoms with Crippen molar-refractivity contribution in [2.75, 3.05) is 0 Å². The summed E-state index contributed by atoms with van der Waals surface area (Å²) in [6.45, 7) is 0. The SMILES string of the molecule is O=C(F)c1cccc(Oc2ccc(-c3ccccc3)cc2)c1. The Morgan fingerprint density at radius 2 is 1.41 bits per heavy atom. The first-order valence-electron chi connectivity index (χ1n) is 6.85. The van der Waals surface area contributed by atoms with E-state index in [4.69, 9.17) is 4.74 Å². The molecule has 0 bridgehead atoms. The fourth-order valence-electron chi connectivity index (χ4n) is 2.16. The van der Waals surface area contributed by atoms with Crippen molar-refractivity contribution in [2.24, 2.45) is 0 Å². The lowest BCUT2D eigenvalue weighted by Crippen LogP contribution is -1.91. The second-order valence-electron chi connectivity index (χ2n) is 4.79. The molecule has 0 aliphatic carbocycles. The van der Waals surface area contributed by atoms with E-state index in [0.717, 1.165) is 11.1 Å².